The molecule has 3 N–H and O–H groups in total. The maximum absolute atomic E-state index is 12.3. The molecule has 0 atom stereocenters. The van der Waals surface area contributed by atoms with Gasteiger partial charge in [0.2, 0.25) is 10.0 Å². The highest BCUT2D eigenvalue weighted by atomic mass is 32.2. The summed E-state index contributed by atoms with van der Waals surface area (Å²) in [6.45, 7) is 6.60. The third-order valence-electron chi connectivity index (χ3n) is 4.00. The van der Waals surface area contributed by atoms with Crippen molar-refractivity contribution in [1.29, 1.82) is 0 Å². The van der Waals surface area contributed by atoms with E-state index in [1.165, 1.54) is 12.8 Å². The Morgan fingerprint density at radius 2 is 2.10 bits per heavy atom. The number of nitrogens with two attached hydrogens (primary N) is 1. The first kappa shape index (κ1) is 16.4. The first-order chi connectivity index (χ1) is 9.97. The number of benzene rings is 1. The third kappa shape index (κ3) is 4.26. The van der Waals surface area contributed by atoms with Gasteiger partial charge < -0.3 is 5.73 Å². The van der Waals surface area contributed by atoms with E-state index in [0.717, 1.165) is 24.2 Å². The van der Waals surface area contributed by atoms with Gasteiger partial charge in [-0.2, -0.15) is 0 Å². The molecule has 21 heavy (non-hydrogen) atoms. The highest BCUT2D eigenvalue weighted by molar-refractivity contribution is 7.89. The van der Waals surface area contributed by atoms with Gasteiger partial charge in [-0.1, -0.05) is 13.0 Å². The van der Waals surface area contributed by atoms with Crippen LogP contribution in [0, 0.1) is 6.92 Å². The molecule has 2 rings (SSSR count). The van der Waals surface area contributed by atoms with Crippen molar-refractivity contribution in [3.8, 4) is 0 Å². The molecule has 1 saturated carbocycles. The van der Waals surface area contributed by atoms with Crippen molar-refractivity contribution in [3.05, 3.63) is 29.3 Å². The fourth-order valence-corrected chi connectivity index (χ4v) is 3.62. The second kappa shape index (κ2) is 6.87. The number of sulfonamides is 1. The molecule has 0 bridgehead atoms. The van der Waals surface area contributed by atoms with Crippen LogP contribution in [0.1, 0.15) is 30.9 Å². The summed E-state index contributed by atoms with van der Waals surface area (Å²) in [7, 11) is -3.43. The van der Waals surface area contributed by atoms with Crippen LogP contribution < -0.4 is 10.5 Å². The van der Waals surface area contributed by atoms with E-state index in [2.05, 4.69) is 16.5 Å². The van der Waals surface area contributed by atoms with Crippen molar-refractivity contribution in [3.63, 3.8) is 0 Å². The van der Waals surface area contributed by atoms with Crippen LogP contribution in [-0.2, 0) is 16.6 Å². The van der Waals surface area contributed by atoms with Gasteiger partial charge >= 0.3 is 0 Å². The second-order valence-electron chi connectivity index (χ2n) is 5.55. The van der Waals surface area contributed by atoms with Crippen LogP contribution in [0.3, 0.4) is 0 Å². The molecule has 0 heterocycles. The molecule has 0 amide bonds. The van der Waals surface area contributed by atoms with Gasteiger partial charge in [-0.3, -0.25) is 4.90 Å². The number of nitrogens with zero attached hydrogens (tertiary/aromatic N) is 1. The van der Waals surface area contributed by atoms with E-state index in [1.807, 2.05) is 6.92 Å². The molecule has 5 nitrogen and oxygen atoms in total. The third-order valence-corrected chi connectivity index (χ3v) is 5.46. The number of hydrogen-bond acceptors (Lipinski definition) is 4. The van der Waals surface area contributed by atoms with Crippen molar-refractivity contribution in [1.82, 2.24) is 9.62 Å². The van der Waals surface area contributed by atoms with E-state index in [1.54, 1.807) is 18.2 Å². The Balaban J connectivity index is 1.96. The number of aryl methyl sites for hydroxylation is 1. The lowest BCUT2D eigenvalue weighted by atomic mass is 10.1. The molecule has 1 aromatic rings. The van der Waals surface area contributed by atoms with Gasteiger partial charge in [-0.25, -0.2) is 13.1 Å². The Kier molecular flexibility index (Phi) is 5.37. The van der Waals surface area contributed by atoms with Crippen LogP contribution in [0.25, 0.3) is 0 Å². The maximum Gasteiger partial charge on any atom is 0.240 e. The van der Waals surface area contributed by atoms with Gasteiger partial charge in [0.05, 0.1) is 4.90 Å². The van der Waals surface area contributed by atoms with E-state index in [9.17, 15) is 8.42 Å². The lowest BCUT2D eigenvalue weighted by Gasteiger charge is -2.19. The molecule has 1 fully saturated rings. The lowest BCUT2D eigenvalue weighted by molar-refractivity contribution is 0.282. The van der Waals surface area contributed by atoms with Gasteiger partial charge in [-0.05, 0) is 49.6 Å². The van der Waals surface area contributed by atoms with Crippen molar-refractivity contribution in [2.45, 2.75) is 44.2 Å². The summed E-state index contributed by atoms with van der Waals surface area (Å²) in [5, 5.41) is 0. The molecule has 118 valence electrons. The minimum atomic E-state index is -3.43. The van der Waals surface area contributed by atoms with Crippen LogP contribution in [0.5, 0.6) is 0 Å². The molecule has 0 saturated heterocycles. The molecule has 0 unspecified atom stereocenters. The molecule has 0 aliphatic heterocycles. The SMILES string of the molecule is CCN(CCNS(=O)(=O)c1ccc(CN)c(C)c1)C1CC1. The maximum atomic E-state index is 12.3. The zero-order valence-electron chi connectivity index (χ0n) is 12.8. The minimum absolute atomic E-state index is 0.312. The topological polar surface area (TPSA) is 75.4 Å². The van der Waals surface area contributed by atoms with E-state index >= 15 is 0 Å². The molecule has 1 aromatic carbocycles. The molecule has 0 aromatic heterocycles. The lowest BCUT2D eigenvalue weighted by Crippen LogP contribution is -2.36. The summed E-state index contributed by atoms with van der Waals surface area (Å²) in [6, 6.07) is 5.75. The molecule has 0 spiro atoms. The Morgan fingerprint density at radius 3 is 2.62 bits per heavy atom. The second-order valence-corrected chi connectivity index (χ2v) is 7.32. The van der Waals surface area contributed by atoms with Crippen molar-refractivity contribution in [2.75, 3.05) is 19.6 Å². The summed E-state index contributed by atoms with van der Waals surface area (Å²) in [6.07, 6.45) is 2.47. The quantitative estimate of drug-likeness (QED) is 0.757. The van der Waals surface area contributed by atoms with Gasteiger partial charge in [0.1, 0.15) is 0 Å². The standard InChI is InChI=1S/C15H25N3O2S/c1-3-18(14-5-6-14)9-8-17-21(19,20)15-7-4-13(11-16)12(2)10-15/h4,7,10,14,17H,3,5-6,8-9,11,16H2,1-2H3. The number of rotatable bonds is 8. The fraction of sp³-hybridized carbons (Fsp3) is 0.600. The largest absolute Gasteiger partial charge is 0.326 e. The normalized spacial score (nSPS) is 15.6. The number of hydrogen-bond donors (Lipinski definition) is 2. The molecule has 1 aliphatic carbocycles. The average Bonchev–Trinajstić information content (AvgIpc) is 3.28. The van der Waals surface area contributed by atoms with Crippen molar-refractivity contribution < 1.29 is 8.42 Å². The van der Waals surface area contributed by atoms with E-state index in [0.29, 0.717) is 24.0 Å². The van der Waals surface area contributed by atoms with Crippen LogP contribution in [0.15, 0.2) is 23.1 Å². The monoisotopic (exact) mass is 311 g/mol. The minimum Gasteiger partial charge on any atom is -0.326 e. The number of nitrogens with one attached hydrogen (secondary N) is 1. The van der Waals surface area contributed by atoms with Crippen LogP contribution in [-0.4, -0.2) is 39.0 Å². The first-order valence-electron chi connectivity index (χ1n) is 7.51. The highest BCUT2D eigenvalue weighted by Crippen LogP contribution is 2.25. The van der Waals surface area contributed by atoms with Crippen molar-refractivity contribution in [2.24, 2.45) is 5.73 Å². The van der Waals surface area contributed by atoms with E-state index in [-0.39, 0.29) is 0 Å². The summed E-state index contributed by atoms with van der Waals surface area (Å²) in [5.74, 6) is 0. The Morgan fingerprint density at radius 1 is 1.38 bits per heavy atom. The summed E-state index contributed by atoms with van der Waals surface area (Å²) < 4.78 is 27.2. The van der Waals surface area contributed by atoms with Crippen LogP contribution in [0.2, 0.25) is 0 Å². The summed E-state index contributed by atoms with van der Waals surface area (Å²) in [4.78, 5) is 2.64. The van der Waals surface area contributed by atoms with Crippen molar-refractivity contribution >= 4 is 10.0 Å². The van der Waals surface area contributed by atoms with Gasteiger partial charge in [0, 0.05) is 25.7 Å². The predicted octanol–water partition coefficient (Wildman–Crippen LogP) is 1.22. The zero-order chi connectivity index (χ0) is 15.5. The van der Waals surface area contributed by atoms with Crippen LogP contribution in [0.4, 0.5) is 0 Å². The molecular weight excluding hydrogens is 286 g/mol. The Bertz CT molecular complexity index is 583. The molecule has 1 aliphatic rings. The molecule has 6 heteroatoms. The smallest absolute Gasteiger partial charge is 0.240 e. The average molecular weight is 311 g/mol. The van der Waals surface area contributed by atoms with Gasteiger partial charge in [0.25, 0.3) is 0 Å². The fourth-order valence-electron chi connectivity index (χ4n) is 2.51. The number of likely N-dealkylation sites (N-methyl/N-ethyl adjacent to an activating group) is 1. The summed E-state index contributed by atoms with van der Waals surface area (Å²) in [5.41, 5.74) is 7.48. The highest BCUT2D eigenvalue weighted by Gasteiger charge is 2.27. The van der Waals surface area contributed by atoms with E-state index in [4.69, 9.17) is 5.73 Å². The molecule has 0 radical (unpaired) electrons. The van der Waals surface area contributed by atoms with Gasteiger partial charge in [-0.15, -0.1) is 0 Å². The van der Waals surface area contributed by atoms with E-state index < -0.39 is 10.0 Å². The Labute approximate surface area is 127 Å². The first-order valence-corrected chi connectivity index (χ1v) is 8.99. The Hall–Kier alpha value is -0.950. The van der Waals surface area contributed by atoms with Crippen LogP contribution >= 0.6 is 0 Å². The summed E-state index contributed by atoms with van der Waals surface area (Å²) >= 11 is 0. The predicted molar refractivity (Wildman–Crippen MR) is 84.5 cm³/mol. The van der Waals surface area contributed by atoms with Gasteiger partial charge in [0.15, 0.2) is 0 Å². The zero-order valence-corrected chi connectivity index (χ0v) is 13.6. The molecular formula is C15H25N3O2S.